The van der Waals surface area contributed by atoms with Crippen LogP contribution in [0, 0.1) is 6.92 Å². The zero-order valence-electron chi connectivity index (χ0n) is 9.39. The van der Waals surface area contributed by atoms with Crippen molar-refractivity contribution in [2.24, 2.45) is 0 Å². The number of fused-ring (bicyclic) bond motifs is 1. The molecular formula is C12H15N3O. The van der Waals surface area contributed by atoms with Gasteiger partial charge >= 0.3 is 0 Å². The van der Waals surface area contributed by atoms with E-state index in [9.17, 15) is 0 Å². The summed E-state index contributed by atoms with van der Waals surface area (Å²) in [5.74, 6) is 0. The van der Waals surface area contributed by atoms with Gasteiger partial charge in [-0.3, -0.25) is 0 Å². The van der Waals surface area contributed by atoms with Crippen LogP contribution in [0.4, 0.5) is 5.69 Å². The minimum absolute atomic E-state index is 0.806. The first-order valence-electron chi connectivity index (χ1n) is 5.61. The van der Waals surface area contributed by atoms with E-state index in [-0.39, 0.29) is 0 Å². The molecule has 0 saturated carbocycles. The lowest BCUT2D eigenvalue weighted by Gasteiger charge is -2.28. The third kappa shape index (κ3) is 1.55. The van der Waals surface area contributed by atoms with Crippen LogP contribution < -0.4 is 4.90 Å². The molecule has 1 aliphatic rings. The van der Waals surface area contributed by atoms with Gasteiger partial charge in [0.1, 0.15) is 0 Å². The van der Waals surface area contributed by atoms with Gasteiger partial charge in [0.05, 0.1) is 24.6 Å². The lowest BCUT2D eigenvalue weighted by atomic mass is 10.3. The first kappa shape index (κ1) is 9.66. The molecule has 84 valence electrons. The van der Waals surface area contributed by atoms with Crippen LogP contribution in [0.5, 0.6) is 0 Å². The Balaban J connectivity index is 2.07. The highest BCUT2D eigenvalue weighted by Crippen LogP contribution is 2.21. The molecule has 1 fully saturated rings. The van der Waals surface area contributed by atoms with Crippen LogP contribution in [-0.4, -0.2) is 35.7 Å². The van der Waals surface area contributed by atoms with Gasteiger partial charge in [0.2, 0.25) is 0 Å². The van der Waals surface area contributed by atoms with Gasteiger partial charge in [0.15, 0.2) is 5.65 Å². The standard InChI is InChI=1S/C12H15N3O/c1-10-9-15-4-2-3-11(12(15)13-10)14-5-7-16-8-6-14/h2-4,9H,5-8H2,1H3. The van der Waals surface area contributed by atoms with E-state index in [1.165, 1.54) is 5.69 Å². The third-order valence-electron chi connectivity index (χ3n) is 2.93. The maximum atomic E-state index is 5.37. The molecule has 0 N–H and O–H groups in total. The van der Waals surface area contributed by atoms with E-state index in [0.717, 1.165) is 37.6 Å². The molecule has 3 rings (SSSR count). The summed E-state index contributed by atoms with van der Waals surface area (Å²) in [6.07, 6.45) is 4.10. The Labute approximate surface area is 94.5 Å². The summed E-state index contributed by atoms with van der Waals surface area (Å²) in [6, 6.07) is 4.20. The number of hydrogen-bond donors (Lipinski definition) is 0. The molecule has 1 aliphatic heterocycles. The van der Waals surface area contributed by atoms with Gasteiger partial charge in [-0.1, -0.05) is 0 Å². The highest BCUT2D eigenvalue weighted by molar-refractivity contribution is 5.69. The second kappa shape index (κ2) is 3.79. The minimum atomic E-state index is 0.806. The van der Waals surface area contributed by atoms with Crippen molar-refractivity contribution in [3.63, 3.8) is 0 Å². The first-order valence-corrected chi connectivity index (χ1v) is 5.61. The first-order chi connectivity index (χ1) is 7.84. The number of nitrogens with zero attached hydrogens (tertiary/aromatic N) is 3. The van der Waals surface area contributed by atoms with E-state index < -0.39 is 0 Å². The average molecular weight is 217 g/mol. The minimum Gasteiger partial charge on any atom is -0.378 e. The van der Waals surface area contributed by atoms with E-state index in [1.807, 2.05) is 13.1 Å². The van der Waals surface area contributed by atoms with Gasteiger partial charge in [0.25, 0.3) is 0 Å². The quantitative estimate of drug-likeness (QED) is 0.724. The van der Waals surface area contributed by atoms with Crippen molar-refractivity contribution in [1.82, 2.24) is 9.38 Å². The number of anilines is 1. The molecule has 0 atom stereocenters. The van der Waals surface area contributed by atoms with Crippen LogP contribution in [-0.2, 0) is 4.74 Å². The fourth-order valence-electron chi connectivity index (χ4n) is 2.17. The molecule has 0 aliphatic carbocycles. The van der Waals surface area contributed by atoms with Crippen molar-refractivity contribution in [2.45, 2.75) is 6.92 Å². The smallest absolute Gasteiger partial charge is 0.160 e. The molecule has 4 heteroatoms. The maximum absolute atomic E-state index is 5.37. The molecule has 0 spiro atoms. The number of aromatic nitrogens is 2. The van der Waals surface area contributed by atoms with Crippen LogP contribution in [0.1, 0.15) is 5.69 Å². The van der Waals surface area contributed by atoms with Gasteiger partial charge < -0.3 is 14.0 Å². The summed E-state index contributed by atoms with van der Waals surface area (Å²) in [4.78, 5) is 6.91. The normalized spacial score (nSPS) is 16.9. The highest BCUT2D eigenvalue weighted by atomic mass is 16.5. The van der Waals surface area contributed by atoms with Crippen molar-refractivity contribution in [1.29, 1.82) is 0 Å². The second-order valence-corrected chi connectivity index (χ2v) is 4.11. The monoisotopic (exact) mass is 217 g/mol. The number of pyridine rings is 1. The summed E-state index contributed by atoms with van der Waals surface area (Å²) >= 11 is 0. The van der Waals surface area contributed by atoms with Crippen LogP contribution in [0.25, 0.3) is 5.65 Å². The maximum Gasteiger partial charge on any atom is 0.160 e. The second-order valence-electron chi connectivity index (χ2n) is 4.11. The fraction of sp³-hybridized carbons (Fsp3) is 0.417. The van der Waals surface area contributed by atoms with Crippen molar-refractivity contribution in [3.8, 4) is 0 Å². The highest BCUT2D eigenvalue weighted by Gasteiger charge is 2.14. The van der Waals surface area contributed by atoms with Crippen LogP contribution >= 0.6 is 0 Å². The van der Waals surface area contributed by atoms with Crippen LogP contribution in [0.3, 0.4) is 0 Å². The topological polar surface area (TPSA) is 29.8 Å². The summed E-state index contributed by atoms with van der Waals surface area (Å²) in [7, 11) is 0. The Kier molecular flexibility index (Phi) is 2.29. The number of rotatable bonds is 1. The predicted molar refractivity (Wildman–Crippen MR) is 63.0 cm³/mol. The molecular weight excluding hydrogens is 202 g/mol. The summed E-state index contributed by atoms with van der Waals surface area (Å²) < 4.78 is 7.45. The van der Waals surface area contributed by atoms with Gasteiger partial charge in [-0.05, 0) is 19.1 Å². The van der Waals surface area contributed by atoms with Gasteiger partial charge in [-0.25, -0.2) is 4.98 Å². The molecule has 2 aromatic heterocycles. The average Bonchev–Trinajstić information content (AvgIpc) is 2.70. The number of morpholine rings is 1. The molecule has 3 heterocycles. The van der Waals surface area contributed by atoms with Crippen LogP contribution in [0.2, 0.25) is 0 Å². The Morgan fingerprint density at radius 1 is 1.31 bits per heavy atom. The Morgan fingerprint density at radius 2 is 2.12 bits per heavy atom. The van der Waals surface area contributed by atoms with E-state index in [2.05, 4.69) is 32.6 Å². The molecule has 0 aromatic carbocycles. The zero-order chi connectivity index (χ0) is 11.0. The van der Waals surface area contributed by atoms with Gasteiger partial charge in [-0.2, -0.15) is 0 Å². The molecule has 4 nitrogen and oxygen atoms in total. The fourth-order valence-corrected chi connectivity index (χ4v) is 2.17. The van der Waals surface area contributed by atoms with Crippen LogP contribution in [0.15, 0.2) is 24.5 Å². The molecule has 0 amide bonds. The number of ether oxygens (including phenoxy) is 1. The van der Waals surface area contributed by atoms with Crippen molar-refractivity contribution in [3.05, 3.63) is 30.2 Å². The van der Waals surface area contributed by atoms with Crippen molar-refractivity contribution >= 4 is 11.3 Å². The van der Waals surface area contributed by atoms with E-state index in [1.54, 1.807) is 0 Å². The number of aryl methyl sites for hydroxylation is 1. The van der Waals surface area contributed by atoms with Gasteiger partial charge in [-0.15, -0.1) is 0 Å². The largest absolute Gasteiger partial charge is 0.378 e. The molecule has 16 heavy (non-hydrogen) atoms. The molecule has 0 unspecified atom stereocenters. The number of imidazole rings is 1. The van der Waals surface area contributed by atoms with E-state index >= 15 is 0 Å². The lowest BCUT2D eigenvalue weighted by Crippen LogP contribution is -2.36. The summed E-state index contributed by atoms with van der Waals surface area (Å²) in [5, 5.41) is 0. The molecule has 0 bridgehead atoms. The SMILES string of the molecule is Cc1cn2cccc(N3CCOCC3)c2n1. The summed E-state index contributed by atoms with van der Waals surface area (Å²) in [5.41, 5.74) is 3.31. The molecule has 0 radical (unpaired) electrons. The van der Waals surface area contributed by atoms with Gasteiger partial charge in [0, 0.05) is 25.5 Å². The molecule has 2 aromatic rings. The Morgan fingerprint density at radius 3 is 2.94 bits per heavy atom. The predicted octanol–water partition coefficient (Wildman–Crippen LogP) is 1.48. The molecule has 1 saturated heterocycles. The van der Waals surface area contributed by atoms with Crippen molar-refractivity contribution < 1.29 is 4.74 Å². The Hall–Kier alpha value is -1.55. The summed E-state index contributed by atoms with van der Waals surface area (Å²) in [6.45, 7) is 5.54. The lowest BCUT2D eigenvalue weighted by molar-refractivity contribution is 0.123. The van der Waals surface area contributed by atoms with E-state index in [0.29, 0.717) is 0 Å². The third-order valence-corrected chi connectivity index (χ3v) is 2.93. The Bertz CT molecular complexity index is 500. The van der Waals surface area contributed by atoms with Crippen molar-refractivity contribution in [2.75, 3.05) is 31.2 Å². The van der Waals surface area contributed by atoms with E-state index in [4.69, 9.17) is 4.74 Å². The number of hydrogen-bond acceptors (Lipinski definition) is 3. The zero-order valence-corrected chi connectivity index (χ0v) is 9.39.